The summed E-state index contributed by atoms with van der Waals surface area (Å²) in [7, 11) is 0. The molecule has 0 unspecified atom stereocenters. The number of aliphatic carboxylic acids is 1. The molecule has 0 atom stereocenters. The smallest absolute Gasteiger partial charge is 0.223 e. The molecule has 27 heavy (non-hydrogen) atoms. The van der Waals surface area contributed by atoms with E-state index >= 15 is 0 Å². The monoisotopic (exact) mass is 387 g/mol. The summed E-state index contributed by atoms with van der Waals surface area (Å²) in [6.07, 6.45) is 4.48. The molecular formula is C19H23N4O3S-. The van der Waals surface area contributed by atoms with Crippen LogP contribution in [0.5, 0.6) is 0 Å². The highest BCUT2D eigenvalue weighted by atomic mass is 32.1. The lowest BCUT2D eigenvalue weighted by Gasteiger charge is -2.36. The molecule has 0 aromatic carbocycles. The number of carboxylic acid groups (broad SMARTS) is 1. The lowest BCUT2D eigenvalue weighted by atomic mass is 9.97. The normalized spacial score (nSPS) is 17.2. The topological polar surface area (TPSA) is 89.5 Å². The number of carbonyl (C=O) groups excluding carboxylic acids is 2. The summed E-state index contributed by atoms with van der Waals surface area (Å²) in [6.45, 7) is 4.51. The van der Waals surface area contributed by atoms with E-state index in [4.69, 9.17) is 4.98 Å². The molecule has 1 amide bonds. The van der Waals surface area contributed by atoms with Crippen LogP contribution in [-0.2, 0) is 22.4 Å². The third kappa shape index (κ3) is 3.63. The van der Waals surface area contributed by atoms with Gasteiger partial charge in [0.1, 0.15) is 16.5 Å². The Bertz CT molecular complexity index is 887. The fourth-order valence-corrected chi connectivity index (χ4v) is 5.31. The number of hydrogen-bond acceptors (Lipinski definition) is 7. The number of amides is 1. The number of fused-ring (bicyclic) bond motifs is 3. The van der Waals surface area contributed by atoms with Crippen molar-refractivity contribution in [2.24, 2.45) is 0 Å². The van der Waals surface area contributed by atoms with Crippen LogP contribution in [0.4, 0.5) is 5.82 Å². The number of carboxylic acids is 1. The van der Waals surface area contributed by atoms with Crippen molar-refractivity contribution >= 4 is 39.2 Å². The van der Waals surface area contributed by atoms with Gasteiger partial charge in [0, 0.05) is 43.4 Å². The average molecular weight is 387 g/mol. The number of hydrogen-bond donors (Lipinski definition) is 0. The van der Waals surface area contributed by atoms with E-state index in [1.807, 2.05) is 6.92 Å². The molecule has 3 heterocycles. The number of thiophene rings is 1. The quantitative estimate of drug-likeness (QED) is 0.779. The lowest BCUT2D eigenvalue weighted by Crippen LogP contribution is -2.49. The summed E-state index contributed by atoms with van der Waals surface area (Å²) in [4.78, 5) is 38.7. The molecule has 0 spiro atoms. The predicted octanol–water partition coefficient (Wildman–Crippen LogP) is 1.06. The maximum Gasteiger partial charge on any atom is 0.223 e. The van der Waals surface area contributed by atoms with E-state index in [1.54, 1.807) is 16.2 Å². The molecule has 0 saturated carbocycles. The third-order valence-corrected chi connectivity index (χ3v) is 6.57. The van der Waals surface area contributed by atoms with Crippen LogP contribution >= 0.6 is 11.3 Å². The highest BCUT2D eigenvalue weighted by molar-refractivity contribution is 7.19. The molecule has 8 heteroatoms. The van der Waals surface area contributed by atoms with Crippen molar-refractivity contribution in [3.8, 4) is 0 Å². The molecule has 7 nitrogen and oxygen atoms in total. The third-order valence-electron chi connectivity index (χ3n) is 5.38. The van der Waals surface area contributed by atoms with Crippen LogP contribution in [0.3, 0.4) is 0 Å². The second-order valence-corrected chi connectivity index (χ2v) is 8.31. The van der Waals surface area contributed by atoms with Crippen LogP contribution in [-0.4, -0.2) is 52.9 Å². The number of piperazine rings is 1. The Balaban J connectivity index is 1.54. The number of aryl methyl sites for hydroxylation is 3. The van der Waals surface area contributed by atoms with Crippen molar-refractivity contribution in [1.29, 1.82) is 0 Å². The van der Waals surface area contributed by atoms with E-state index in [0.29, 0.717) is 26.2 Å². The van der Waals surface area contributed by atoms with Crippen LogP contribution in [0.25, 0.3) is 10.2 Å². The number of rotatable bonds is 4. The molecule has 1 fully saturated rings. The number of aromatic nitrogens is 2. The maximum absolute atomic E-state index is 12.2. The van der Waals surface area contributed by atoms with Gasteiger partial charge in [-0.2, -0.15) is 0 Å². The van der Waals surface area contributed by atoms with E-state index in [0.717, 1.165) is 29.3 Å². The minimum atomic E-state index is -1.18. The zero-order valence-electron chi connectivity index (χ0n) is 15.5. The van der Waals surface area contributed by atoms with Crippen LogP contribution in [0.1, 0.15) is 41.9 Å². The van der Waals surface area contributed by atoms with Gasteiger partial charge in [-0.25, -0.2) is 9.97 Å². The highest BCUT2D eigenvalue weighted by Crippen LogP contribution is 2.39. The van der Waals surface area contributed by atoms with Gasteiger partial charge in [-0.1, -0.05) is 0 Å². The first-order valence-electron chi connectivity index (χ1n) is 9.54. The molecule has 2 aromatic rings. The Morgan fingerprint density at radius 3 is 2.56 bits per heavy atom. The average Bonchev–Trinajstić information content (AvgIpc) is 3.03. The van der Waals surface area contributed by atoms with Crippen molar-refractivity contribution in [3.05, 3.63) is 16.3 Å². The van der Waals surface area contributed by atoms with Crippen molar-refractivity contribution in [1.82, 2.24) is 14.9 Å². The first kappa shape index (κ1) is 18.2. The molecule has 0 radical (unpaired) electrons. The molecule has 0 bridgehead atoms. The number of carbonyl (C=O) groups is 2. The minimum Gasteiger partial charge on any atom is -0.550 e. The Kier molecular flexibility index (Phi) is 4.99. The molecule has 1 saturated heterocycles. The van der Waals surface area contributed by atoms with Gasteiger partial charge in [0.05, 0.1) is 5.39 Å². The van der Waals surface area contributed by atoms with E-state index < -0.39 is 5.97 Å². The molecule has 2 aromatic heterocycles. The standard InChI is InChI=1S/C19H24N4O3S/c1-12-20-18(17-13-4-2-3-5-14(13)27-19(17)21-12)23-10-8-22(9-11-23)15(24)6-7-16(25)26/h2-11H2,1H3,(H,25,26)/p-1. The van der Waals surface area contributed by atoms with Crippen LogP contribution in [0.2, 0.25) is 0 Å². The van der Waals surface area contributed by atoms with Gasteiger partial charge in [0.2, 0.25) is 5.91 Å². The first-order valence-corrected chi connectivity index (χ1v) is 10.4. The summed E-state index contributed by atoms with van der Waals surface area (Å²) in [5.41, 5.74) is 1.42. The Labute approximate surface area is 162 Å². The van der Waals surface area contributed by atoms with Gasteiger partial charge >= 0.3 is 0 Å². The van der Waals surface area contributed by atoms with Gasteiger partial charge in [-0.05, 0) is 44.6 Å². The van der Waals surface area contributed by atoms with Gasteiger partial charge in [-0.3, -0.25) is 4.79 Å². The lowest BCUT2D eigenvalue weighted by molar-refractivity contribution is -0.305. The summed E-state index contributed by atoms with van der Waals surface area (Å²) in [5.74, 6) is 0.487. The van der Waals surface area contributed by atoms with Crippen molar-refractivity contribution in [2.45, 2.75) is 45.4 Å². The molecule has 1 aliphatic carbocycles. The predicted molar refractivity (Wildman–Crippen MR) is 102 cm³/mol. The second-order valence-electron chi connectivity index (χ2n) is 7.23. The van der Waals surface area contributed by atoms with Gasteiger partial charge < -0.3 is 19.7 Å². The SMILES string of the molecule is Cc1nc(N2CCN(C(=O)CCC(=O)[O-])CC2)c2c3c(sc2n1)CCCC3. The zero-order valence-corrected chi connectivity index (χ0v) is 16.3. The van der Waals surface area contributed by atoms with Gasteiger partial charge in [0.15, 0.2) is 0 Å². The molecule has 4 rings (SSSR count). The molecule has 0 N–H and O–H groups in total. The fourth-order valence-electron chi connectivity index (χ4n) is 4.01. The molecule has 1 aliphatic heterocycles. The van der Waals surface area contributed by atoms with E-state index in [9.17, 15) is 14.7 Å². The summed E-state index contributed by atoms with van der Waals surface area (Å²) >= 11 is 1.80. The Morgan fingerprint density at radius 1 is 1.07 bits per heavy atom. The number of nitrogens with zero attached hydrogens (tertiary/aromatic N) is 4. The molecule has 2 aliphatic rings. The van der Waals surface area contributed by atoms with Crippen molar-refractivity contribution in [2.75, 3.05) is 31.1 Å². The largest absolute Gasteiger partial charge is 0.550 e. The van der Waals surface area contributed by atoms with E-state index in [-0.39, 0.29) is 18.7 Å². The maximum atomic E-state index is 12.2. The first-order chi connectivity index (χ1) is 13.0. The summed E-state index contributed by atoms with van der Waals surface area (Å²) in [5, 5.41) is 11.8. The minimum absolute atomic E-state index is 0.0111. The molecular weight excluding hydrogens is 364 g/mol. The zero-order chi connectivity index (χ0) is 19.0. The van der Waals surface area contributed by atoms with Crippen LogP contribution in [0, 0.1) is 6.92 Å². The Morgan fingerprint density at radius 2 is 1.81 bits per heavy atom. The van der Waals surface area contributed by atoms with E-state index in [2.05, 4.69) is 9.88 Å². The Hall–Kier alpha value is -2.22. The van der Waals surface area contributed by atoms with Crippen molar-refractivity contribution in [3.63, 3.8) is 0 Å². The number of anilines is 1. The fraction of sp³-hybridized carbons (Fsp3) is 0.579. The molecule has 144 valence electrons. The van der Waals surface area contributed by atoms with Gasteiger partial charge in [0.25, 0.3) is 0 Å². The van der Waals surface area contributed by atoms with Crippen LogP contribution < -0.4 is 10.0 Å². The van der Waals surface area contributed by atoms with Crippen molar-refractivity contribution < 1.29 is 14.7 Å². The van der Waals surface area contributed by atoms with Crippen LogP contribution in [0.15, 0.2) is 0 Å². The second kappa shape index (κ2) is 7.42. The van der Waals surface area contributed by atoms with Gasteiger partial charge in [-0.15, -0.1) is 11.3 Å². The highest BCUT2D eigenvalue weighted by Gasteiger charge is 2.26. The summed E-state index contributed by atoms with van der Waals surface area (Å²) < 4.78 is 0. The van der Waals surface area contributed by atoms with E-state index in [1.165, 1.54) is 28.7 Å². The summed E-state index contributed by atoms with van der Waals surface area (Å²) in [6, 6.07) is 0.